The fraction of sp³-hybridized carbons (Fsp3) is 0.375. The first kappa shape index (κ1) is 8.44. The molecule has 0 aromatic carbocycles. The van der Waals surface area contributed by atoms with Crippen LogP contribution >= 0.6 is 11.6 Å². The smallest absolute Gasteiger partial charge is 0.164 e. The third-order valence-electron chi connectivity index (χ3n) is 1.88. The summed E-state index contributed by atoms with van der Waals surface area (Å²) in [5, 5.41) is 0.433. The summed E-state index contributed by atoms with van der Waals surface area (Å²) < 4.78 is 1.84. The molecule has 0 aliphatic rings. The highest BCUT2D eigenvalue weighted by Gasteiger charge is 2.08. The lowest BCUT2D eigenvalue weighted by Crippen LogP contribution is -1.96. The average molecular weight is 197 g/mol. The number of nitrogens with zero attached hydrogens (tertiary/aromatic N) is 4. The van der Waals surface area contributed by atoms with E-state index in [0.29, 0.717) is 10.7 Å². The van der Waals surface area contributed by atoms with Gasteiger partial charge in [0.15, 0.2) is 10.8 Å². The Morgan fingerprint density at radius 1 is 1.46 bits per heavy atom. The molecule has 0 fully saturated rings. The highest BCUT2D eigenvalue weighted by atomic mass is 35.5. The Labute approximate surface area is 80.6 Å². The molecule has 0 radical (unpaired) electrons. The lowest BCUT2D eigenvalue weighted by atomic mass is 10.4. The zero-order valence-corrected chi connectivity index (χ0v) is 8.21. The molecule has 0 aliphatic heterocycles. The molecule has 13 heavy (non-hydrogen) atoms. The van der Waals surface area contributed by atoms with Gasteiger partial charge in [-0.15, -0.1) is 0 Å². The SMILES string of the molecule is CCc1nc(Cl)c2ncn(C)c2n1. The fourth-order valence-electron chi connectivity index (χ4n) is 1.17. The van der Waals surface area contributed by atoms with Gasteiger partial charge < -0.3 is 4.57 Å². The number of aromatic nitrogens is 4. The van der Waals surface area contributed by atoms with E-state index in [1.165, 1.54) is 0 Å². The van der Waals surface area contributed by atoms with Crippen molar-refractivity contribution in [3.05, 3.63) is 17.3 Å². The second kappa shape index (κ2) is 2.96. The van der Waals surface area contributed by atoms with Crippen molar-refractivity contribution in [1.29, 1.82) is 0 Å². The van der Waals surface area contributed by atoms with Crippen molar-refractivity contribution in [1.82, 2.24) is 19.5 Å². The maximum atomic E-state index is 5.93. The maximum Gasteiger partial charge on any atom is 0.164 e. The van der Waals surface area contributed by atoms with Crippen molar-refractivity contribution in [2.24, 2.45) is 7.05 Å². The number of hydrogen-bond donors (Lipinski definition) is 0. The van der Waals surface area contributed by atoms with Gasteiger partial charge in [-0.05, 0) is 0 Å². The van der Waals surface area contributed by atoms with Gasteiger partial charge >= 0.3 is 0 Å². The molecule has 2 aromatic heterocycles. The summed E-state index contributed by atoms with van der Waals surface area (Å²) in [6, 6.07) is 0. The van der Waals surface area contributed by atoms with Gasteiger partial charge in [-0.3, -0.25) is 0 Å². The molecule has 0 spiro atoms. The molecule has 68 valence electrons. The van der Waals surface area contributed by atoms with Crippen molar-refractivity contribution in [2.75, 3.05) is 0 Å². The molecular formula is C8H9ClN4. The molecule has 2 rings (SSSR count). The van der Waals surface area contributed by atoms with Crippen LogP contribution in [0.2, 0.25) is 5.15 Å². The minimum absolute atomic E-state index is 0.433. The summed E-state index contributed by atoms with van der Waals surface area (Å²) in [6.07, 6.45) is 2.46. The first-order valence-corrected chi connectivity index (χ1v) is 4.43. The lowest BCUT2D eigenvalue weighted by Gasteiger charge is -1.98. The van der Waals surface area contributed by atoms with E-state index in [9.17, 15) is 0 Å². The first-order valence-electron chi connectivity index (χ1n) is 4.05. The number of hydrogen-bond acceptors (Lipinski definition) is 3. The molecule has 0 amide bonds. The predicted molar refractivity (Wildman–Crippen MR) is 50.7 cm³/mol. The summed E-state index contributed by atoms with van der Waals surface area (Å²) in [6.45, 7) is 1.99. The van der Waals surface area contributed by atoms with Crippen molar-refractivity contribution in [3.63, 3.8) is 0 Å². The van der Waals surface area contributed by atoms with Crippen molar-refractivity contribution in [2.45, 2.75) is 13.3 Å². The van der Waals surface area contributed by atoms with Crippen LogP contribution in [0.1, 0.15) is 12.7 Å². The van der Waals surface area contributed by atoms with Crippen LogP contribution in [-0.4, -0.2) is 19.5 Å². The number of halogens is 1. The number of imidazole rings is 1. The summed E-state index contributed by atoms with van der Waals surface area (Å²) >= 11 is 5.93. The van der Waals surface area contributed by atoms with E-state index in [4.69, 9.17) is 11.6 Å². The van der Waals surface area contributed by atoms with Crippen LogP contribution < -0.4 is 0 Å². The Balaban J connectivity index is 2.80. The molecule has 0 saturated carbocycles. The number of fused-ring (bicyclic) bond motifs is 1. The molecular weight excluding hydrogens is 188 g/mol. The Kier molecular flexibility index (Phi) is 1.92. The van der Waals surface area contributed by atoms with Gasteiger partial charge in [-0.25, -0.2) is 15.0 Å². The maximum absolute atomic E-state index is 5.93. The van der Waals surface area contributed by atoms with E-state index in [-0.39, 0.29) is 0 Å². The fourth-order valence-corrected chi connectivity index (χ4v) is 1.40. The van der Waals surface area contributed by atoms with E-state index in [1.807, 2.05) is 18.5 Å². The second-order valence-electron chi connectivity index (χ2n) is 2.81. The Hall–Kier alpha value is -1.16. The minimum Gasteiger partial charge on any atom is -0.318 e. The van der Waals surface area contributed by atoms with Gasteiger partial charge in [-0.1, -0.05) is 18.5 Å². The van der Waals surface area contributed by atoms with Crippen LogP contribution in [0.25, 0.3) is 11.2 Å². The molecule has 5 heteroatoms. The van der Waals surface area contributed by atoms with Crippen LogP contribution in [0.15, 0.2) is 6.33 Å². The average Bonchev–Trinajstić information content (AvgIpc) is 2.48. The van der Waals surface area contributed by atoms with Gasteiger partial charge in [0.2, 0.25) is 0 Å². The molecule has 0 N–H and O–H groups in total. The predicted octanol–water partition coefficient (Wildman–Crippen LogP) is 1.58. The van der Waals surface area contributed by atoms with Crippen LogP contribution in [0.4, 0.5) is 0 Å². The van der Waals surface area contributed by atoms with Crippen LogP contribution in [0.3, 0.4) is 0 Å². The van der Waals surface area contributed by atoms with Crippen LogP contribution in [-0.2, 0) is 13.5 Å². The van der Waals surface area contributed by atoms with Gasteiger partial charge in [-0.2, -0.15) is 0 Å². The van der Waals surface area contributed by atoms with E-state index in [2.05, 4.69) is 15.0 Å². The van der Waals surface area contributed by atoms with E-state index in [1.54, 1.807) is 6.33 Å². The zero-order valence-electron chi connectivity index (χ0n) is 7.45. The highest BCUT2D eigenvalue weighted by Crippen LogP contribution is 2.17. The molecule has 2 heterocycles. The third kappa shape index (κ3) is 1.27. The lowest BCUT2D eigenvalue weighted by molar-refractivity contribution is 0.898. The number of rotatable bonds is 1. The van der Waals surface area contributed by atoms with Gasteiger partial charge in [0.25, 0.3) is 0 Å². The van der Waals surface area contributed by atoms with E-state index in [0.717, 1.165) is 17.9 Å². The van der Waals surface area contributed by atoms with Crippen molar-refractivity contribution >= 4 is 22.8 Å². The molecule has 0 saturated heterocycles. The Morgan fingerprint density at radius 3 is 2.92 bits per heavy atom. The molecule has 0 bridgehead atoms. The minimum atomic E-state index is 0.433. The van der Waals surface area contributed by atoms with E-state index < -0.39 is 0 Å². The molecule has 0 atom stereocenters. The molecule has 0 unspecified atom stereocenters. The topological polar surface area (TPSA) is 43.6 Å². The second-order valence-corrected chi connectivity index (χ2v) is 3.17. The largest absolute Gasteiger partial charge is 0.318 e. The van der Waals surface area contributed by atoms with Crippen molar-refractivity contribution < 1.29 is 0 Å². The summed E-state index contributed by atoms with van der Waals surface area (Å²) in [5.74, 6) is 0.751. The van der Waals surface area contributed by atoms with Gasteiger partial charge in [0.1, 0.15) is 11.3 Å². The van der Waals surface area contributed by atoms with Crippen LogP contribution in [0, 0.1) is 0 Å². The standard InChI is InChI=1S/C8H9ClN4/c1-3-5-11-7(9)6-8(12-5)13(2)4-10-6/h4H,3H2,1-2H3. The van der Waals surface area contributed by atoms with Gasteiger partial charge in [0, 0.05) is 13.5 Å². The number of aryl methyl sites for hydroxylation is 2. The van der Waals surface area contributed by atoms with Gasteiger partial charge in [0.05, 0.1) is 6.33 Å². The Bertz CT molecular complexity index is 449. The Morgan fingerprint density at radius 2 is 2.23 bits per heavy atom. The first-order chi connectivity index (χ1) is 6.22. The van der Waals surface area contributed by atoms with E-state index >= 15 is 0 Å². The molecule has 2 aromatic rings. The zero-order chi connectivity index (χ0) is 9.42. The van der Waals surface area contributed by atoms with Crippen molar-refractivity contribution in [3.8, 4) is 0 Å². The molecule has 4 nitrogen and oxygen atoms in total. The van der Waals surface area contributed by atoms with Crippen LogP contribution in [0.5, 0.6) is 0 Å². The summed E-state index contributed by atoms with van der Waals surface area (Å²) in [5.41, 5.74) is 1.46. The normalized spacial score (nSPS) is 11.0. The molecule has 0 aliphatic carbocycles. The summed E-state index contributed by atoms with van der Waals surface area (Å²) in [7, 11) is 1.89. The summed E-state index contributed by atoms with van der Waals surface area (Å²) in [4.78, 5) is 12.5. The monoisotopic (exact) mass is 196 g/mol. The third-order valence-corrected chi connectivity index (χ3v) is 2.14. The highest BCUT2D eigenvalue weighted by molar-refractivity contribution is 6.33. The quantitative estimate of drug-likeness (QED) is 0.651.